The third-order valence-electron chi connectivity index (χ3n) is 5.41. The second-order valence-corrected chi connectivity index (χ2v) is 7.50. The molecule has 0 amide bonds. The molecule has 0 atom stereocenters. The van der Waals surface area contributed by atoms with Gasteiger partial charge in [0, 0.05) is 37.6 Å². The molecule has 1 aromatic rings. The molecule has 0 aliphatic heterocycles. The van der Waals surface area contributed by atoms with Crippen molar-refractivity contribution in [1.29, 1.82) is 0 Å². The van der Waals surface area contributed by atoms with Crippen LogP contribution >= 0.6 is 0 Å². The maximum absolute atomic E-state index is 2.63. The first-order chi connectivity index (χ1) is 12.8. The molecule has 26 heavy (non-hydrogen) atoms. The van der Waals surface area contributed by atoms with Gasteiger partial charge in [0.25, 0.3) is 0 Å². The van der Waals surface area contributed by atoms with Crippen molar-refractivity contribution < 1.29 is 0 Å². The highest BCUT2D eigenvalue weighted by atomic mass is 15.1. The van der Waals surface area contributed by atoms with E-state index in [1.807, 2.05) is 0 Å². The van der Waals surface area contributed by atoms with Gasteiger partial charge in [-0.05, 0) is 51.0 Å². The highest BCUT2D eigenvalue weighted by molar-refractivity contribution is 5.56. The van der Waals surface area contributed by atoms with Crippen LogP contribution in [0, 0.1) is 0 Å². The Morgan fingerprint density at radius 1 is 0.500 bits per heavy atom. The summed E-state index contributed by atoms with van der Waals surface area (Å²) in [6.45, 7) is 13.6. The summed E-state index contributed by atoms with van der Waals surface area (Å²) in [5.41, 5.74) is 2.76. The normalized spacial score (nSPS) is 10.9. The monoisotopic (exact) mass is 360 g/mol. The second kappa shape index (κ2) is 14.9. The van der Waals surface area contributed by atoms with Crippen LogP contribution in [0.4, 0.5) is 11.4 Å². The van der Waals surface area contributed by atoms with Gasteiger partial charge in [0.15, 0.2) is 0 Å². The van der Waals surface area contributed by atoms with Gasteiger partial charge in [0.2, 0.25) is 0 Å². The minimum absolute atomic E-state index is 1.08. The summed E-state index contributed by atoms with van der Waals surface area (Å²) in [5.74, 6) is 0. The topological polar surface area (TPSA) is 6.48 Å². The van der Waals surface area contributed by atoms with E-state index < -0.39 is 0 Å². The van der Waals surface area contributed by atoms with Gasteiger partial charge in [-0.1, -0.05) is 65.2 Å². The van der Waals surface area contributed by atoms with Crippen LogP contribution in [0.15, 0.2) is 24.3 Å². The molecule has 0 heterocycles. The lowest BCUT2D eigenvalue weighted by Crippen LogP contribution is -2.26. The number of nitrogens with zero attached hydrogens (tertiary/aromatic N) is 2. The largest absolute Gasteiger partial charge is 0.372 e. The van der Waals surface area contributed by atoms with E-state index in [9.17, 15) is 0 Å². The average molecular weight is 361 g/mol. The Bertz CT molecular complexity index is 408. The van der Waals surface area contributed by atoms with Gasteiger partial charge >= 0.3 is 0 Å². The van der Waals surface area contributed by atoms with E-state index in [0.29, 0.717) is 0 Å². The summed E-state index contributed by atoms with van der Waals surface area (Å²) in [6.07, 6.45) is 13.6. The van der Waals surface area contributed by atoms with Gasteiger partial charge in [-0.3, -0.25) is 0 Å². The van der Waals surface area contributed by atoms with Crippen molar-refractivity contribution in [2.75, 3.05) is 36.0 Å². The highest BCUT2D eigenvalue weighted by Crippen LogP contribution is 2.22. The summed E-state index contributed by atoms with van der Waals surface area (Å²) < 4.78 is 0. The molecule has 0 aromatic heterocycles. The number of hydrogen-bond donors (Lipinski definition) is 0. The third kappa shape index (κ3) is 8.96. The zero-order valence-corrected chi connectivity index (χ0v) is 18.1. The molecule has 150 valence electrons. The van der Waals surface area contributed by atoms with Crippen LogP contribution in [-0.4, -0.2) is 26.2 Å². The maximum Gasteiger partial charge on any atom is 0.0367 e. The minimum atomic E-state index is 1.08. The first-order valence-electron chi connectivity index (χ1n) is 11.4. The van der Waals surface area contributed by atoms with Gasteiger partial charge in [-0.2, -0.15) is 0 Å². The second-order valence-electron chi connectivity index (χ2n) is 7.50. The quantitative estimate of drug-likeness (QED) is 0.286. The van der Waals surface area contributed by atoms with Crippen molar-refractivity contribution >= 4 is 11.4 Å². The lowest BCUT2D eigenvalue weighted by molar-refractivity contribution is 0.589. The van der Waals surface area contributed by atoms with E-state index in [0.717, 1.165) is 13.1 Å². The Morgan fingerprint density at radius 3 is 1.27 bits per heavy atom. The Labute approximate surface area is 164 Å². The zero-order valence-electron chi connectivity index (χ0n) is 18.1. The third-order valence-corrected chi connectivity index (χ3v) is 5.41. The van der Waals surface area contributed by atoms with Gasteiger partial charge in [-0.15, -0.1) is 0 Å². The van der Waals surface area contributed by atoms with E-state index >= 15 is 0 Å². The molecular formula is C24H44N2. The van der Waals surface area contributed by atoms with E-state index in [4.69, 9.17) is 0 Å². The molecule has 0 saturated carbocycles. The molecule has 2 heteroatoms. The summed E-state index contributed by atoms with van der Waals surface area (Å²) >= 11 is 0. The van der Waals surface area contributed by atoms with Crippen molar-refractivity contribution in [3.05, 3.63) is 24.3 Å². The van der Waals surface area contributed by atoms with Gasteiger partial charge in [0.05, 0.1) is 0 Å². The van der Waals surface area contributed by atoms with Crippen molar-refractivity contribution in [2.45, 2.75) is 91.9 Å². The molecule has 2 nitrogen and oxygen atoms in total. The Kier molecular flexibility index (Phi) is 13.1. The lowest BCUT2D eigenvalue weighted by Gasteiger charge is -2.27. The minimum Gasteiger partial charge on any atom is -0.372 e. The fraction of sp³-hybridized carbons (Fsp3) is 0.750. The molecule has 0 unspecified atom stereocenters. The van der Waals surface area contributed by atoms with Crippen LogP contribution in [0.3, 0.4) is 0 Å². The van der Waals surface area contributed by atoms with Crippen LogP contribution in [0.1, 0.15) is 91.9 Å². The molecule has 0 fully saturated rings. The molecular weight excluding hydrogens is 316 g/mol. The fourth-order valence-corrected chi connectivity index (χ4v) is 3.65. The fourth-order valence-electron chi connectivity index (χ4n) is 3.65. The average Bonchev–Trinajstić information content (AvgIpc) is 2.67. The highest BCUT2D eigenvalue weighted by Gasteiger charge is 2.08. The van der Waals surface area contributed by atoms with Crippen molar-refractivity contribution in [3.8, 4) is 0 Å². The first-order valence-corrected chi connectivity index (χ1v) is 11.4. The standard InChI is InChI=1S/C24H44N2/c1-5-9-11-13-15-21-26(22-16-14-12-10-6-2)24-19-17-23(18-20-24)25(7-3)8-4/h17-20H,5-16,21-22H2,1-4H3. The van der Waals surface area contributed by atoms with E-state index in [2.05, 4.69) is 61.8 Å². The Morgan fingerprint density at radius 2 is 0.885 bits per heavy atom. The number of hydrogen-bond acceptors (Lipinski definition) is 2. The molecule has 0 N–H and O–H groups in total. The number of anilines is 2. The summed E-state index contributed by atoms with van der Waals surface area (Å²) in [7, 11) is 0. The van der Waals surface area contributed by atoms with Crippen LogP contribution in [-0.2, 0) is 0 Å². The first kappa shape index (κ1) is 22.9. The Hall–Kier alpha value is -1.18. The van der Waals surface area contributed by atoms with Crippen LogP contribution < -0.4 is 9.80 Å². The molecule has 0 aliphatic rings. The van der Waals surface area contributed by atoms with Gasteiger partial charge in [-0.25, -0.2) is 0 Å². The van der Waals surface area contributed by atoms with Crippen LogP contribution in [0.2, 0.25) is 0 Å². The SMILES string of the molecule is CCCCCCCN(CCCCCCC)c1ccc(N(CC)CC)cc1. The van der Waals surface area contributed by atoms with Crippen molar-refractivity contribution in [2.24, 2.45) is 0 Å². The number of benzene rings is 1. The molecule has 0 saturated heterocycles. The number of rotatable bonds is 16. The van der Waals surface area contributed by atoms with Crippen molar-refractivity contribution in [3.63, 3.8) is 0 Å². The molecule has 1 rings (SSSR count). The predicted molar refractivity (Wildman–Crippen MR) is 120 cm³/mol. The van der Waals surface area contributed by atoms with Gasteiger partial charge in [0.1, 0.15) is 0 Å². The lowest BCUT2D eigenvalue weighted by atomic mass is 10.1. The summed E-state index contributed by atoms with van der Waals surface area (Å²) in [4.78, 5) is 5.05. The van der Waals surface area contributed by atoms with Crippen LogP contribution in [0.25, 0.3) is 0 Å². The van der Waals surface area contributed by atoms with Gasteiger partial charge < -0.3 is 9.80 Å². The van der Waals surface area contributed by atoms with E-state index in [1.165, 1.54) is 88.7 Å². The molecule has 1 aromatic carbocycles. The van der Waals surface area contributed by atoms with E-state index in [-0.39, 0.29) is 0 Å². The summed E-state index contributed by atoms with van der Waals surface area (Å²) in [5, 5.41) is 0. The van der Waals surface area contributed by atoms with Crippen molar-refractivity contribution in [1.82, 2.24) is 0 Å². The maximum atomic E-state index is 2.63. The predicted octanol–water partition coefficient (Wildman–Crippen LogP) is 7.28. The molecule has 0 aliphatic carbocycles. The Balaban J connectivity index is 2.60. The molecule has 0 spiro atoms. The van der Waals surface area contributed by atoms with E-state index in [1.54, 1.807) is 0 Å². The smallest absolute Gasteiger partial charge is 0.0367 e. The van der Waals surface area contributed by atoms with Crippen LogP contribution in [0.5, 0.6) is 0 Å². The molecule has 0 radical (unpaired) electrons. The molecule has 0 bridgehead atoms. The zero-order chi connectivity index (χ0) is 19.0. The summed E-state index contributed by atoms with van der Waals surface area (Å²) in [6, 6.07) is 9.30. The number of unbranched alkanes of at least 4 members (excludes halogenated alkanes) is 8.